The van der Waals surface area contributed by atoms with Crippen LogP contribution in [0.4, 0.5) is 14.5 Å². The summed E-state index contributed by atoms with van der Waals surface area (Å²) in [5.41, 5.74) is 2.00. The van der Waals surface area contributed by atoms with Crippen molar-refractivity contribution in [3.8, 4) is 0 Å². The van der Waals surface area contributed by atoms with E-state index in [1.54, 1.807) is 6.07 Å². The van der Waals surface area contributed by atoms with Gasteiger partial charge in [0.15, 0.2) is 11.6 Å². The van der Waals surface area contributed by atoms with Crippen molar-refractivity contribution in [3.05, 3.63) is 47.3 Å². The van der Waals surface area contributed by atoms with Crippen molar-refractivity contribution in [2.75, 3.05) is 5.32 Å². The highest BCUT2D eigenvalue weighted by Crippen LogP contribution is 2.17. The SMILES string of the molecule is Cc1nn(CC(C)C)cc1NCc1cccc(F)c1F.Cl. The van der Waals surface area contributed by atoms with Gasteiger partial charge < -0.3 is 5.32 Å². The number of nitrogens with zero attached hydrogens (tertiary/aromatic N) is 2. The first-order chi connectivity index (χ1) is 9.47. The maximum Gasteiger partial charge on any atom is 0.163 e. The number of hydrogen-bond donors (Lipinski definition) is 1. The molecule has 3 nitrogen and oxygen atoms in total. The molecular weight excluding hydrogens is 296 g/mol. The number of rotatable bonds is 5. The zero-order valence-electron chi connectivity index (χ0n) is 12.4. The summed E-state index contributed by atoms with van der Waals surface area (Å²) < 4.78 is 28.5. The van der Waals surface area contributed by atoms with Crippen molar-refractivity contribution in [3.63, 3.8) is 0 Å². The Hall–Kier alpha value is -1.62. The van der Waals surface area contributed by atoms with Gasteiger partial charge in [0, 0.05) is 24.8 Å². The molecule has 0 spiro atoms. The van der Waals surface area contributed by atoms with E-state index in [9.17, 15) is 8.78 Å². The van der Waals surface area contributed by atoms with Gasteiger partial charge in [-0.15, -0.1) is 12.4 Å². The van der Waals surface area contributed by atoms with Gasteiger partial charge in [-0.3, -0.25) is 4.68 Å². The quantitative estimate of drug-likeness (QED) is 0.898. The number of benzene rings is 1. The highest BCUT2D eigenvalue weighted by molar-refractivity contribution is 5.85. The normalized spacial score (nSPS) is 10.6. The average Bonchev–Trinajstić information content (AvgIpc) is 2.70. The standard InChI is InChI=1S/C15H19F2N3.ClH/c1-10(2)8-20-9-14(11(3)19-20)18-7-12-5-4-6-13(16)15(12)17;/h4-6,9-10,18H,7-8H2,1-3H3;1H. The van der Waals surface area contributed by atoms with E-state index >= 15 is 0 Å². The molecule has 1 aromatic carbocycles. The van der Waals surface area contributed by atoms with Crippen LogP contribution in [-0.2, 0) is 13.1 Å². The maximum absolute atomic E-state index is 13.5. The van der Waals surface area contributed by atoms with Gasteiger partial charge in [-0.1, -0.05) is 26.0 Å². The number of anilines is 1. The van der Waals surface area contributed by atoms with Crippen molar-refractivity contribution >= 4 is 18.1 Å². The molecule has 2 aromatic rings. The Morgan fingerprint density at radius 2 is 2.00 bits per heavy atom. The summed E-state index contributed by atoms with van der Waals surface area (Å²) in [6.45, 7) is 7.19. The fraction of sp³-hybridized carbons (Fsp3) is 0.400. The Balaban J connectivity index is 0.00000220. The van der Waals surface area contributed by atoms with Crippen LogP contribution in [0.15, 0.2) is 24.4 Å². The van der Waals surface area contributed by atoms with Gasteiger partial charge in [-0.25, -0.2) is 8.78 Å². The van der Waals surface area contributed by atoms with E-state index in [2.05, 4.69) is 24.3 Å². The van der Waals surface area contributed by atoms with Gasteiger partial charge in [0.1, 0.15) is 0 Å². The van der Waals surface area contributed by atoms with E-state index in [4.69, 9.17) is 0 Å². The molecule has 21 heavy (non-hydrogen) atoms. The molecule has 0 aliphatic carbocycles. The summed E-state index contributed by atoms with van der Waals surface area (Å²) in [5, 5.41) is 7.49. The summed E-state index contributed by atoms with van der Waals surface area (Å²) >= 11 is 0. The highest BCUT2D eigenvalue weighted by Gasteiger charge is 2.09. The van der Waals surface area contributed by atoms with Gasteiger partial charge in [-0.2, -0.15) is 5.10 Å². The van der Waals surface area contributed by atoms with Crippen molar-refractivity contribution in [2.45, 2.75) is 33.9 Å². The van der Waals surface area contributed by atoms with Crippen LogP contribution in [0.2, 0.25) is 0 Å². The summed E-state index contributed by atoms with van der Waals surface area (Å²) in [4.78, 5) is 0. The summed E-state index contributed by atoms with van der Waals surface area (Å²) in [6, 6.07) is 4.19. The third-order valence-electron chi connectivity index (χ3n) is 3.00. The molecule has 0 fully saturated rings. The molecule has 1 heterocycles. The Morgan fingerprint density at radius 3 is 2.67 bits per heavy atom. The van der Waals surface area contributed by atoms with E-state index in [0.29, 0.717) is 11.5 Å². The van der Waals surface area contributed by atoms with Crippen LogP contribution >= 0.6 is 12.4 Å². The molecule has 0 saturated carbocycles. The topological polar surface area (TPSA) is 29.9 Å². The van der Waals surface area contributed by atoms with Gasteiger partial charge in [0.05, 0.1) is 11.4 Å². The van der Waals surface area contributed by atoms with Crippen molar-refractivity contribution in [1.29, 1.82) is 0 Å². The molecule has 0 aliphatic heterocycles. The minimum Gasteiger partial charge on any atom is -0.378 e. The fourth-order valence-electron chi connectivity index (χ4n) is 2.03. The fourth-order valence-corrected chi connectivity index (χ4v) is 2.03. The minimum absolute atomic E-state index is 0. The molecule has 1 N–H and O–H groups in total. The number of aromatic nitrogens is 2. The third kappa shape index (κ3) is 4.43. The second-order valence-corrected chi connectivity index (χ2v) is 5.31. The van der Waals surface area contributed by atoms with E-state index in [0.717, 1.165) is 24.0 Å². The lowest BCUT2D eigenvalue weighted by Crippen LogP contribution is -2.05. The van der Waals surface area contributed by atoms with Crippen molar-refractivity contribution in [1.82, 2.24) is 9.78 Å². The van der Waals surface area contributed by atoms with Crippen LogP contribution in [0.5, 0.6) is 0 Å². The predicted octanol–water partition coefficient (Wildman–Crippen LogP) is 4.16. The molecule has 0 bridgehead atoms. The second-order valence-electron chi connectivity index (χ2n) is 5.31. The molecule has 2 rings (SSSR count). The number of hydrogen-bond acceptors (Lipinski definition) is 2. The van der Waals surface area contributed by atoms with Crippen LogP contribution in [0.1, 0.15) is 25.1 Å². The predicted molar refractivity (Wildman–Crippen MR) is 82.7 cm³/mol. The second kappa shape index (κ2) is 7.41. The van der Waals surface area contributed by atoms with Crippen molar-refractivity contribution < 1.29 is 8.78 Å². The minimum atomic E-state index is -0.823. The summed E-state index contributed by atoms with van der Waals surface area (Å²) in [6.07, 6.45) is 1.90. The smallest absolute Gasteiger partial charge is 0.163 e. The molecular formula is C15H20ClF2N3. The Labute approximate surface area is 129 Å². The number of aryl methyl sites for hydroxylation is 1. The molecule has 116 valence electrons. The third-order valence-corrected chi connectivity index (χ3v) is 3.00. The van der Waals surface area contributed by atoms with Gasteiger partial charge in [-0.05, 0) is 18.9 Å². The van der Waals surface area contributed by atoms with E-state index in [-0.39, 0.29) is 19.0 Å². The first kappa shape index (κ1) is 17.4. The number of nitrogens with one attached hydrogen (secondary N) is 1. The van der Waals surface area contributed by atoms with E-state index in [1.165, 1.54) is 6.07 Å². The summed E-state index contributed by atoms with van der Waals surface area (Å²) in [5.74, 6) is -1.12. The molecule has 0 aliphatic rings. The molecule has 6 heteroatoms. The number of halogens is 3. The Bertz CT molecular complexity index is 597. The highest BCUT2D eigenvalue weighted by atomic mass is 35.5. The van der Waals surface area contributed by atoms with Gasteiger partial charge in [0.2, 0.25) is 0 Å². The average molecular weight is 316 g/mol. The van der Waals surface area contributed by atoms with Crippen LogP contribution in [0, 0.1) is 24.5 Å². The Kier molecular flexibility index (Phi) is 6.15. The first-order valence-corrected chi connectivity index (χ1v) is 6.68. The first-order valence-electron chi connectivity index (χ1n) is 6.68. The zero-order chi connectivity index (χ0) is 14.7. The lowest BCUT2D eigenvalue weighted by atomic mass is 10.2. The lowest BCUT2D eigenvalue weighted by molar-refractivity contribution is 0.481. The van der Waals surface area contributed by atoms with Crippen molar-refractivity contribution in [2.24, 2.45) is 5.92 Å². The van der Waals surface area contributed by atoms with Crippen LogP contribution in [-0.4, -0.2) is 9.78 Å². The van der Waals surface area contributed by atoms with Gasteiger partial charge in [0.25, 0.3) is 0 Å². The zero-order valence-corrected chi connectivity index (χ0v) is 13.2. The van der Waals surface area contributed by atoms with E-state index < -0.39 is 11.6 Å². The Morgan fingerprint density at radius 1 is 1.29 bits per heavy atom. The monoisotopic (exact) mass is 315 g/mol. The molecule has 0 atom stereocenters. The largest absolute Gasteiger partial charge is 0.378 e. The lowest BCUT2D eigenvalue weighted by Gasteiger charge is -2.06. The van der Waals surface area contributed by atoms with Crippen LogP contribution in [0.25, 0.3) is 0 Å². The summed E-state index contributed by atoms with van der Waals surface area (Å²) in [7, 11) is 0. The molecule has 0 amide bonds. The van der Waals surface area contributed by atoms with E-state index in [1.807, 2.05) is 17.8 Å². The maximum atomic E-state index is 13.5. The van der Waals surface area contributed by atoms with Crippen LogP contribution in [0.3, 0.4) is 0 Å². The molecule has 0 radical (unpaired) electrons. The molecule has 1 aromatic heterocycles. The molecule has 0 saturated heterocycles. The molecule has 0 unspecified atom stereocenters. The van der Waals surface area contributed by atoms with Gasteiger partial charge >= 0.3 is 0 Å². The van der Waals surface area contributed by atoms with Crippen LogP contribution < -0.4 is 5.32 Å².